The van der Waals surface area contributed by atoms with E-state index < -0.39 is 10.6 Å². The summed E-state index contributed by atoms with van der Waals surface area (Å²) in [6.07, 6.45) is 2.83. The molecule has 2 nitrogen and oxygen atoms in total. The van der Waals surface area contributed by atoms with Gasteiger partial charge in [0.1, 0.15) is 12.5 Å². The maximum absolute atomic E-state index is 5.50. The van der Waals surface area contributed by atoms with Gasteiger partial charge in [0.25, 0.3) is 5.79 Å². The molecule has 0 unspecified atom stereocenters. The molecule has 0 aromatic rings. The largest absolute Gasteiger partial charge is 0.454 e. The van der Waals surface area contributed by atoms with Gasteiger partial charge in [0.05, 0.1) is 0 Å². The van der Waals surface area contributed by atoms with E-state index in [2.05, 4.69) is 0 Å². The van der Waals surface area contributed by atoms with E-state index >= 15 is 0 Å². The SMILES string of the molecule is CC1(C(Cl)Cl)OC=CO1. The second-order valence-electron chi connectivity index (χ2n) is 1.82. The lowest BCUT2D eigenvalue weighted by Gasteiger charge is -2.23. The quantitative estimate of drug-likeness (QED) is 0.559. The molecule has 4 heteroatoms. The zero-order valence-corrected chi connectivity index (χ0v) is 6.32. The minimum Gasteiger partial charge on any atom is -0.454 e. The Hall–Kier alpha value is -0.0800. The van der Waals surface area contributed by atoms with E-state index in [-0.39, 0.29) is 0 Å². The number of ether oxygens (including phenoxy) is 2. The Morgan fingerprint density at radius 3 is 2.00 bits per heavy atom. The highest BCUT2D eigenvalue weighted by atomic mass is 35.5. The topological polar surface area (TPSA) is 18.5 Å². The molecule has 1 rings (SSSR count). The number of rotatable bonds is 1. The minimum atomic E-state index is -0.886. The second kappa shape index (κ2) is 2.27. The molecule has 9 heavy (non-hydrogen) atoms. The van der Waals surface area contributed by atoms with Gasteiger partial charge in [-0.15, -0.1) is 0 Å². The first-order valence-electron chi connectivity index (χ1n) is 2.44. The average molecular weight is 169 g/mol. The van der Waals surface area contributed by atoms with Gasteiger partial charge in [-0.2, -0.15) is 0 Å². The summed E-state index contributed by atoms with van der Waals surface area (Å²) >= 11 is 11.0. The zero-order valence-electron chi connectivity index (χ0n) is 4.80. The first-order chi connectivity index (χ1) is 4.15. The molecule has 0 amide bonds. The van der Waals surface area contributed by atoms with Crippen molar-refractivity contribution in [1.29, 1.82) is 0 Å². The molecule has 0 aromatic heterocycles. The van der Waals surface area contributed by atoms with Gasteiger partial charge in [0.15, 0.2) is 4.84 Å². The average Bonchev–Trinajstić information content (AvgIpc) is 2.16. The lowest BCUT2D eigenvalue weighted by atomic mass is 10.4. The fraction of sp³-hybridized carbons (Fsp3) is 0.600. The van der Waals surface area contributed by atoms with Crippen molar-refractivity contribution in [2.45, 2.75) is 17.5 Å². The van der Waals surface area contributed by atoms with E-state index in [0.717, 1.165) is 0 Å². The van der Waals surface area contributed by atoms with E-state index in [1.807, 2.05) is 0 Å². The third kappa shape index (κ3) is 1.25. The van der Waals surface area contributed by atoms with Gasteiger partial charge in [-0.05, 0) is 0 Å². The molecular formula is C5H6Cl2O2. The predicted octanol–water partition coefficient (Wildman–Crippen LogP) is 2.02. The Balaban J connectivity index is 2.55. The van der Waals surface area contributed by atoms with Crippen molar-refractivity contribution >= 4 is 23.2 Å². The smallest absolute Gasteiger partial charge is 0.277 e. The minimum absolute atomic E-state index is 0.674. The van der Waals surface area contributed by atoms with Crippen LogP contribution in [0.1, 0.15) is 6.92 Å². The third-order valence-corrected chi connectivity index (χ3v) is 1.85. The van der Waals surface area contributed by atoms with Crippen LogP contribution in [-0.2, 0) is 9.47 Å². The molecule has 0 fully saturated rings. The first kappa shape index (κ1) is 7.03. The van der Waals surface area contributed by atoms with Crippen LogP contribution in [0.15, 0.2) is 12.5 Å². The number of hydrogen-bond donors (Lipinski definition) is 0. The Morgan fingerprint density at radius 1 is 1.33 bits per heavy atom. The van der Waals surface area contributed by atoms with E-state index in [1.165, 1.54) is 12.5 Å². The molecular weight excluding hydrogens is 163 g/mol. The molecule has 1 aliphatic rings. The van der Waals surface area contributed by atoms with Gasteiger partial charge >= 0.3 is 0 Å². The van der Waals surface area contributed by atoms with Crippen LogP contribution in [0.5, 0.6) is 0 Å². The highest BCUT2D eigenvalue weighted by molar-refractivity contribution is 6.45. The molecule has 0 aromatic carbocycles. The number of hydrogen-bond acceptors (Lipinski definition) is 2. The monoisotopic (exact) mass is 168 g/mol. The zero-order chi connectivity index (χ0) is 6.91. The molecule has 0 bridgehead atoms. The van der Waals surface area contributed by atoms with E-state index in [0.29, 0.717) is 0 Å². The maximum Gasteiger partial charge on any atom is 0.277 e. The molecule has 1 heterocycles. The highest BCUT2D eigenvalue weighted by Gasteiger charge is 2.37. The summed E-state index contributed by atoms with van der Waals surface area (Å²) in [4.78, 5) is -0.674. The van der Waals surface area contributed by atoms with Gasteiger partial charge in [-0.3, -0.25) is 0 Å². The van der Waals surface area contributed by atoms with E-state index in [9.17, 15) is 0 Å². The first-order valence-corrected chi connectivity index (χ1v) is 3.31. The van der Waals surface area contributed by atoms with Crippen LogP contribution < -0.4 is 0 Å². The van der Waals surface area contributed by atoms with Crippen molar-refractivity contribution < 1.29 is 9.47 Å². The third-order valence-electron chi connectivity index (χ3n) is 1.06. The number of alkyl halides is 2. The summed E-state index contributed by atoms with van der Waals surface area (Å²) in [5.41, 5.74) is 0. The van der Waals surface area contributed by atoms with Crippen molar-refractivity contribution in [3.63, 3.8) is 0 Å². The van der Waals surface area contributed by atoms with Gasteiger partial charge < -0.3 is 9.47 Å². The van der Waals surface area contributed by atoms with Gasteiger partial charge in [-0.1, -0.05) is 23.2 Å². The van der Waals surface area contributed by atoms with Crippen LogP contribution in [0.2, 0.25) is 0 Å². The Labute approximate surface area is 63.3 Å². The summed E-state index contributed by atoms with van der Waals surface area (Å²) < 4.78 is 9.87. The lowest BCUT2D eigenvalue weighted by molar-refractivity contribution is -0.113. The Kier molecular flexibility index (Phi) is 1.78. The van der Waals surface area contributed by atoms with Crippen molar-refractivity contribution in [3.8, 4) is 0 Å². The van der Waals surface area contributed by atoms with Gasteiger partial charge in [0.2, 0.25) is 0 Å². The summed E-state index contributed by atoms with van der Waals surface area (Å²) in [7, 11) is 0. The summed E-state index contributed by atoms with van der Waals surface area (Å²) in [6, 6.07) is 0. The van der Waals surface area contributed by atoms with E-state index in [1.54, 1.807) is 6.92 Å². The Bertz CT molecular complexity index is 125. The van der Waals surface area contributed by atoms with Crippen molar-refractivity contribution in [3.05, 3.63) is 12.5 Å². The van der Waals surface area contributed by atoms with Crippen LogP contribution in [-0.4, -0.2) is 10.6 Å². The summed E-state index contributed by atoms with van der Waals surface area (Å²) in [6.45, 7) is 1.66. The van der Waals surface area contributed by atoms with Gasteiger partial charge in [0, 0.05) is 6.92 Å². The van der Waals surface area contributed by atoms with Crippen LogP contribution in [0.3, 0.4) is 0 Å². The molecule has 0 atom stereocenters. The van der Waals surface area contributed by atoms with Crippen LogP contribution >= 0.6 is 23.2 Å². The van der Waals surface area contributed by atoms with Crippen molar-refractivity contribution in [1.82, 2.24) is 0 Å². The molecule has 52 valence electrons. The molecule has 0 spiro atoms. The molecule has 0 N–H and O–H groups in total. The molecule has 0 saturated carbocycles. The van der Waals surface area contributed by atoms with Crippen LogP contribution in [0, 0.1) is 0 Å². The standard InChI is InChI=1S/C5H6Cl2O2/c1-5(4(6)7)8-2-3-9-5/h2-4H,1H3. The predicted molar refractivity (Wildman–Crippen MR) is 35.2 cm³/mol. The Morgan fingerprint density at radius 2 is 1.78 bits per heavy atom. The van der Waals surface area contributed by atoms with Crippen molar-refractivity contribution in [2.24, 2.45) is 0 Å². The van der Waals surface area contributed by atoms with Gasteiger partial charge in [-0.25, -0.2) is 0 Å². The normalized spacial score (nSPS) is 21.8. The van der Waals surface area contributed by atoms with Crippen LogP contribution in [0.4, 0.5) is 0 Å². The number of halogens is 2. The fourth-order valence-electron chi connectivity index (χ4n) is 0.456. The molecule has 0 saturated heterocycles. The fourth-order valence-corrected chi connectivity index (χ4v) is 0.662. The maximum atomic E-state index is 5.50. The molecule has 0 aliphatic carbocycles. The molecule has 0 radical (unpaired) electrons. The summed E-state index contributed by atoms with van der Waals surface area (Å²) in [5.74, 6) is -0.886. The molecule has 1 aliphatic heterocycles. The summed E-state index contributed by atoms with van der Waals surface area (Å²) in [5, 5.41) is 0. The van der Waals surface area contributed by atoms with Crippen molar-refractivity contribution in [2.75, 3.05) is 0 Å². The second-order valence-corrected chi connectivity index (χ2v) is 2.92. The lowest BCUT2D eigenvalue weighted by Crippen LogP contribution is -2.32. The highest BCUT2D eigenvalue weighted by Crippen LogP contribution is 2.29. The van der Waals surface area contributed by atoms with E-state index in [4.69, 9.17) is 32.7 Å². The van der Waals surface area contributed by atoms with Crippen LogP contribution in [0.25, 0.3) is 0 Å².